The average molecular weight is 230 g/mol. The van der Waals surface area contributed by atoms with Crippen molar-refractivity contribution in [2.24, 2.45) is 0 Å². The molecule has 1 atom stereocenters. The summed E-state index contributed by atoms with van der Waals surface area (Å²) in [6.45, 7) is 3.92. The highest BCUT2D eigenvalue weighted by Gasteiger charge is 2.30. The Labute approximate surface area is 95.0 Å². The van der Waals surface area contributed by atoms with Gasteiger partial charge in [-0.2, -0.15) is 0 Å². The number of likely N-dealkylation sites (tertiary alicyclic amines) is 1. The molecular weight excluding hydrogens is 212 g/mol. The fourth-order valence-corrected chi connectivity index (χ4v) is 2.54. The smallest absolute Gasteiger partial charge is 0.223 e. The van der Waals surface area contributed by atoms with Crippen LogP contribution in [-0.4, -0.2) is 59.8 Å². The number of rotatable bonds is 4. The second-order valence-corrected chi connectivity index (χ2v) is 5.56. The third-order valence-electron chi connectivity index (χ3n) is 2.33. The highest BCUT2D eigenvalue weighted by Crippen LogP contribution is 2.23. The highest BCUT2D eigenvalue weighted by atomic mass is 32.2. The number of carbonyl (C=O) groups is 2. The van der Waals surface area contributed by atoms with E-state index in [-0.39, 0.29) is 16.3 Å². The molecule has 1 fully saturated rings. The summed E-state index contributed by atoms with van der Waals surface area (Å²) < 4.78 is 0. The maximum absolute atomic E-state index is 11.6. The van der Waals surface area contributed by atoms with Crippen LogP contribution in [0.3, 0.4) is 0 Å². The summed E-state index contributed by atoms with van der Waals surface area (Å²) in [5.74, 6) is 0.176. The van der Waals surface area contributed by atoms with Crippen molar-refractivity contribution >= 4 is 22.8 Å². The summed E-state index contributed by atoms with van der Waals surface area (Å²) in [5, 5.41) is 0.263. The minimum atomic E-state index is 0.0993. The van der Waals surface area contributed by atoms with E-state index in [0.29, 0.717) is 6.42 Å². The number of thioether (sulfide) groups is 1. The summed E-state index contributed by atoms with van der Waals surface area (Å²) >= 11 is 1.29. The second kappa shape index (κ2) is 5.51. The predicted octanol–water partition coefficient (Wildman–Crippen LogP) is 0.429. The standard InChI is InChI=1S/C10H18N2O2S/c1-8(13)15-9-6-10(14)12(7-9)5-4-11(2)3/h9H,4-7H2,1-3H3. The van der Waals surface area contributed by atoms with Crippen LogP contribution in [0, 0.1) is 0 Å². The van der Waals surface area contributed by atoms with E-state index in [0.717, 1.165) is 19.6 Å². The molecule has 1 heterocycles. The molecule has 1 unspecified atom stereocenters. The van der Waals surface area contributed by atoms with Crippen LogP contribution in [0.2, 0.25) is 0 Å². The Balaban J connectivity index is 2.35. The fourth-order valence-electron chi connectivity index (χ4n) is 1.59. The minimum absolute atomic E-state index is 0.0993. The molecule has 0 N–H and O–H groups in total. The third kappa shape index (κ3) is 4.22. The maximum Gasteiger partial charge on any atom is 0.223 e. The number of carbonyl (C=O) groups excluding carboxylic acids is 2. The Morgan fingerprint density at radius 1 is 1.60 bits per heavy atom. The van der Waals surface area contributed by atoms with E-state index in [1.165, 1.54) is 11.8 Å². The van der Waals surface area contributed by atoms with Crippen LogP contribution in [-0.2, 0) is 9.59 Å². The molecule has 15 heavy (non-hydrogen) atoms. The van der Waals surface area contributed by atoms with Crippen molar-refractivity contribution in [3.05, 3.63) is 0 Å². The third-order valence-corrected chi connectivity index (χ3v) is 3.31. The largest absolute Gasteiger partial charge is 0.340 e. The molecular formula is C10H18N2O2S. The quantitative estimate of drug-likeness (QED) is 0.702. The van der Waals surface area contributed by atoms with Crippen LogP contribution in [0.25, 0.3) is 0 Å². The molecule has 1 saturated heterocycles. The lowest BCUT2D eigenvalue weighted by atomic mass is 10.4. The van der Waals surface area contributed by atoms with Gasteiger partial charge in [0.25, 0.3) is 0 Å². The molecule has 1 aliphatic heterocycles. The van der Waals surface area contributed by atoms with Gasteiger partial charge in [-0.1, -0.05) is 11.8 Å². The number of likely N-dealkylation sites (N-methyl/N-ethyl adjacent to an activating group) is 1. The molecule has 0 spiro atoms. The lowest BCUT2D eigenvalue weighted by Crippen LogP contribution is -2.33. The molecule has 0 radical (unpaired) electrons. The molecule has 0 aromatic heterocycles. The SMILES string of the molecule is CC(=O)SC1CC(=O)N(CCN(C)C)C1. The van der Waals surface area contributed by atoms with Gasteiger partial charge in [-0.3, -0.25) is 9.59 Å². The molecule has 1 amide bonds. The monoisotopic (exact) mass is 230 g/mol. The molecule has 1 aliphatic rings. The van der Waals surface area contributed by atoms with Crippen molar-refractivity contribution in [1.82, 2.24) is 9.80 Å². The average Bonchev–Trinajstić information content (AvgIpc) is 2.41. The molecule has 4 nitrogen and oxygen atoms in total. The van der Waals surface area contributed by atoms with Crippen LogP contribution in [0.15, 0.2) is 0 Å². The Kier molecular flexibility index (Phi) is 4.60. The predicted molar refractivity (Wildman–Crippen MR) is 61.8 cm³/mol. The van der Waals surface area contributed by atoms with Crippen molar-refractivity contribution in [1.29, 1.82) is 0 Å². The van der Waals surface area contributed by atoms with Crippen LogP contribution >= 0.6 is 11.8 Å². The zero-order chi connectivity index (χ0) is 11.4. The van der Waals surface area contributed by atoms with Gasteiger partial charge in [0.2, 0.25) is 5.91 Å². The van der Waals surface area contributed by atoms with Gasteiger partial charge in [-0.25, -0.2) is 0 Å². The zero-order valence-electron chi connectivity index (χ0n) is 9.52. The molecule has 0 saturated carbocycles. The zero-order valence-corrected chi connectivity index (χ0v) is 10.3. The van der Waals surface area contributed by atoms with E-state index in [9.17, 15) is 9.59 Å². The van der Waals surface area contributed by atoms with E-state index in [2.05, 4.69) is 4.90 Å². The van der Waals surface area contributed by atoms with E-state index in [4.69, 9.17) is 0 Å². The summed E-state index contributed by atoms with van der Waals surface area (Å²) in [6.07, 6.45) is 0.512. The Hall–Kier alpha value is -0.550. The van der Waals surface area contributed by atoms with E-state index in [1.54, 1.807) is 6.92 Å². The first kappa shape index (κ1) is 12.5. The van der Waals surface area contributed by atoms with Gasteiger partial charge in [0.1, 0.15) is 0 Å². The molecule has 1 rings (SSSR count). The topological polar surface area (TPSA) is 40.6 Å². The van der Waals surface area contributed by atoms with Crippen molar-refractivity contribution in [3.63, 3.8) is 0 Å². The minimum Gasteiger partial charge on any atom is -0.340 e. The van der Waals surface area contributed by atoms with Gasteiger partial charge < -0.3 is 9.80 Å². The van der Waals surface area contributed by atoms with Crippen molar-refractivity contribution in [2.45, 2.75) is 18.6 Å². The Morgan fingerprint density at radius 2 is 2.27 bits per heavy atom. The highest BCUT2D eigenvalue weighted by molar-refractivity contribution is 8.14. The van der Waals surface area contributed by atoms with Crippen LogP contribution in [0.1, 0.15) is 13.3 Å². The van der Waals surface area contributed by atoms with Crippen molar-refractivity contribution in [3.8, 4) is 0 Å². The molecule has 0 aliphatic carbocycles. The summed E-state index contributed by atoms with van der Waals surface area (Å²) in [7, 11) is 3.98. The van der Waals surface area contributed by atoms with Gasteiger partial charge in [0.05, 0.1) is 0 Å². The van der Waals surface area contributed by atoms with Gasteiger partial charge >= 0.3 is 0 Å². The first-order valence-electron chi connectivity index (χ1n) is 5.08. The van der Waals surface area contributed by atoms with Crippen molar-refractivity contribution in [2.75, 3.05) is 33.7 Å². The summed E-state index contributed by atoms with van der Waals surface area (Å²) in [4.78, 5) is 26.4. The lowest BCUT2D eigenvalue weighted by Gasteiger charge is -2.18. The maximum atomic E-state index is 11.6. The van der Waals surface area contributed by atoms with E-state index >= 15 is 0 Å². The van der Waals surface area contributed by atoms with E-state index < -0.39 is 0 Å². The van der Waals surface area contributed by atoms with Gasteiger partial charge in [-0.15, -0.1) is 0 Å². The first-order valence-corrected chi connectivity index (χ1v) is 5.96. The molecule has 5 heteroatoms. The molecule has 0 aromatic carbocycles. The number of hydrogen-bond donors (Lipinski definition) is 0. The Morgan fingerprint density at radius 3 is 2.80 bits per heavy atom. The molecule has 86 valence electrons. The first-order chi connectivity index (χ1) is 6.99. The molecule has 0 bridgehead atoms. The van der Waals surface area contributed by atoms with Crippen LogP contribution < -0.4 is 0 Å². The number of nitrogens with zero attached hydrogens (tertiary/aromatic N) is 2. The summed E-state index contributed by atoms with van der Waals surface area (Å²) in [6, 6.07) is 0. The molecule has 0 aromatic rings. The van der Waals surface area contributed by atoms with Gasteiger partial charge in [0.15, 0.2) is 5.12 Å². The van der Waals surface area contributed by atoms with Gasteiger partial charge in [0, 0.05) is 38.2 Å². The normalized spacial score (nSPS) is 21.5. The number of amides is 1. The lowest BCUT2D eigenvalue weighted by molar-refractivity contribution is -0.127. The second-order valence-electron chi connectivity index (χ2n) is 4.08. The van der Waals surface area contributed by atoms with E-state index in [1.807, 2.05) is 19.0 Å². The Bertz CT molecular complexity index is 256. The van der Waals surface area contributed by atoms with Crippen LogP contribution in [0.4, 0.5) is 0 Å². The number of hydrogen-bond acceptors (Lipinski definition) is 4. The van der Waals surface area contributed by atoms with Crippen molar-refractivity contribution < 1.29 is 9.59 Å². The fraction of sp³-hybridized carbons (Fsp3) is 0.800. The van der Waals surface area contributed by atoms with Crippen LogP contribution in [0.5, 0.6) is 0 Å². The van der Waals surface area contributed by atoms with Gasteiger partial charge in [-0.05, 0) is 14.1 Å². The summed E-state index contributed by atoms with van der Waals surface area (Å²) in [5.41, 5.74) is 0.